The maximum Gasteiger partial charge on any atom is 0.344 e. The Morgan fingerprint density at radius 2 is 1.24 bits per heavy atom. The quantitative estimate of drug-likeness (QED) is 0.0931. The van der Waals surface area contributed by atoms with E-state index in [0.29, 0.717) is 6.42 Å². The van der Waals surface area contributed by atoms with Gasteiger partial charge in [-0.25, -0.2) is 4.79 Å². The zero-order valence-corrected chi connectivity index (χ0v) is 22.7. The van der Waals surface area contributed by atoms with Crippen LogP contribution in [-0.4, -0.2) is 111 Å². The molecular weight excluding hydrogens is 490 g/mol. The molecule has 0 heterocycles. The smallest absolute Gasteiger partial charge is 0.344 e. The molecule has 0 aromatic carbocycles. The molecular formula is C24H41N3O10. The van der Waals surface area contributed by atoms with E-state index in [4.69, 9.17) is 0 Å². The van der Waals surface area contributed by atoms with Crippen LogP contribution in [0.3, 0.4) is 0 Å². The van der Waals surface area contributed by atoms with Crippen LogP contribution in [0.25, 0.3) is 0 Å². The fourth-order valence-electron chi connectivity index (χ4n) is 3.70. The van der Waals surface area contributed by atoms with Gasteiger partial charge in [0.15, 0.2) is 34.3 Å². The lowest BCUT2D eigenvalue weighted by Crippen LogP contribution is -2.67. The highest BCUT2D eigenvalue weighted by Gasteiger charge is 2.61. The summed E-state index contributed by atoms with van der Waals surface area (Å²) in [5.41, 5.74) is -9.91. The highest BCUT2D eigenvalue weighted by molar-refractivity contribution is 6.25. The van der Waals surface area contributed by atoms with E-state index in [1.54, 1.807) is 13.8 Å². The second-order valence-corrected chi connectivity index (χ2v) is 9.57. The molecule has 0 bridgehead atoms. The zero-order valence-electron chi connectivity index (χ0n) is 22.7. The zero-order chi connectivity index (χ0) is 29.5. The van der Waals surface area contributed by atoms with E-state index in [2.05, 4.69) is 16.0 Å². The second-order valence-electron chi connectivity index (χ2n) is 9.57. The van der Waals surface area contributed by atoms with Crippen LogP contribution in [0.15, 0.2) is 0 Å². The Hall–Kier alpha value is -2.42. The van der Waals surface area contributed by atoms with E-state index in [1.807, 2.05) is 0 Å². The Bertz CT molecular complexity index is 905. The van der Waals surface area contributed by atoms with Gasteiger partial charge in [0.1, 0.15) is 0 Å². The van der Waals surface area contributed by atoms with Crippen molar-refractivity contribution in [1.82, 2.24) is 16.0 Å². The average Bonchev–Trinajstić information content (AvgIpc) is 2.85. The molecule has 7 N–H and O–H groups in total. The lowest BCUT2D eigenvalue weighted by molar-refractivity contribution is -0.181. The van der Waals surface area contributed by atoms with Gasteiger partial charge in [0, 0.05) is 0 Å². The fourth-order valence-corrected chi connectivity index (χ4v) is 3.70. The third-order valence-electron chi connectivity index (χ3n) is 6.93. The van der Waals surface area contributed by atoms with Crippen molar-refractivity contribution in [3.63, 3.8) is 0 Å². The molecule has 0 radical (unpaired) electrons. The number of carboxylic acids is 1. The summed E-state index contributed by atoms with van der Waals surface area (Å²) in [6.45, 7) is 6.77. The fraction of sp³-hybridized carbons (Fsp3) is 0.750. The maximum atomic E-state index is 13.5. The molecule has 0 rings (SSSR count). The molecule has 0 aromatic heterocycles. The van der Waals surface area contributed by atoms with Crippen LogP contribution in [0, 0.1) is 5.92 Å². The van der Waals surface area contributed by atoms with Gasteiger partial charge in [0.25, 0.3) is 0 Å². The number of rotatable bonds is 18. The number of Topliss-reactive ketones (excluding diaryl/α,β-unsaturated/α-hetero) is 5. The minimum absolute atomic E-state index is 0.354. The first kappa shape index (κ1) is 34.6. The lowest BCUT2D eigenvalue weighted by atomic mass is 9.71. The summed E-state index contributed by atoms with van der Waals surface area (Å²) in [5, 5.41) is 50.4. The van der Waals surface area contributed by atoms with Crippen LogP contribution in [-0.2, 0) is 28.8 Å². The number of ketones is 5. The van der Waals surface area contributed by atoms with Crippen LogP contribution in [0.1, 0.15) is 53.9 Å². The van der Waals surface area contributed by atoms with Crippen LogP contribution >= 0.6 is 0 Å². The monoisotopic (exact) mass is 531 g/mol. The third-order valence-corrected chi connectivity index (χ3v) is 6.93. The van der Waals surface area contributed by atoms with Gasteiger partial charge in [-0.2, -0.15) is 0 Å². The third kappa shape index (κ3) is 7.33. The molecule has 7 atom stereocenters. The molecule has 0 spiro atoms. The normalized spacial score (nSPS) is 19.8. The van der Waals surface area contributed by atoms with Crippen LogP contribution in [0.5, 0.6) is 0 Å². The van der Waals surface area contributed by atoms with Crippen molar-refractivity contribution in [1.29, 1.82) is 0 Å². The van der Waals surface area contributed by atoms with Gasteiger partial charge in [0.2, 0.25) is 11.4 Å². The number of hydrogen-bond acceptors (Lipinski definition) is 12. The first-order chi connectivity index (χ1) is 16.8. The first-order valence-corrected chi connectivity index (χ1v) is 11.9. The minimum Gasteiger partial charge on any atom is -0.479 e. The van der Waals surface area contributed by atoms with Crippen molar-refractivity contribution in [2.45, 2.75) is 88.8 Å². The number of carboxylic acid groups (broad SMARTS) is 1. The highest BCUT2D eigenvalue weighted by Crippen LogP contribution is 2.30. The molecule has 13 heteroatoms. The highest BCUT2D eigenvalue weighted by atomic mass is 16.4. The largest absolute Gasteiger partial charge is 0.479 e. The van der Waals surface area contributed by atoms with E-state index in [1.165, 1.54) is 35.0 Å². The molecule has 0 saturated carbocycles. The number of likely N-dealkylation sites (N-methyl/N-ethyl adjacent to an activating group) is 3. The Kier molecular flexibility index (Phi) is 12.5. The Balaban J connectivity index is 6.93. The molecule has 37 heavy (non-hydrogen) atoms. The number of aliphatic hydroxyl groups is 3. The van der Waals surface area contributed by atoms with Gasteiger partial charge in [0.05, 0.1) is 31.0 Å². The van der Waals surface area contributed by atoms with Crippen molar-refractivity contribution in [2.24, 2.45) is 5.92 Å². The van der Waals surface area contributed by atoms with Crippen molar-refractivity contribution < 1.29 is 49.2 Å². The van der Waals surface area contributed by atoms with E-state index in [9.17, 15) is 49.2 Å². The van der Waals surface area contributed by atoms with Crippen LogP contribution in [0.2, 0.25) is 0 Å². The van der Waals surface area contributed by atoms with E-state index in [0.717, 1.165) is 6.92 Å². The standard InChI is InChI=1S/C24H41N3O10/c1-9-12(2)17(27-8)19(31)23(36,11-16(29)22(5,35)18(30)14(4)26-7)20(32)24(37,21(33)34)10-15(28)13(3)25-6/h12-14,17,25-27,35-37H,9-11H2,1-8H3,(H,33,34)/t12?,13-,14-,17+,22?,23?,24?/m1/s1. The number of carbonyl (C=O) groups excluding carboxylic acids is 5. The van der Waals surface area contributed by atoms with Gasteiger partial charge < -0.3 is 36.4 Å². The SMILES string of the molecule is CCC(C)[C@H](NC)C(=O)C(O)(CC(=O)C(C)(O)C(=O)[C@@H](C)NC)C(=O)C(O)(CC(=O)[C@@H](C)NC)C(=O)O. The summed E-state index contributed by atoms with van der Waals surface area (Å²) in [4.78, 5) is 77.2. The van der Waals surface area contributed by atoms with Gasteiger partial charge in [-0.3, -0.25) is 24.0 Å². The van der Waals surface area contributed by atoms with Crippen molar-refractivity contribution >= 4 is 34.9 Å². The summed E-state index contributed by atoms with van der Waals surface area (Å²) < 4.78 is 0. The topological polar surface area (TPSA) is 219 Å². The molecule has 0 fully saturated rings. The number of aliphatic carboxylic acids is 1. The van der Waals surface area contributed by atoms with Crippen LogP contribution in [0.4, 0.5) is 0 Å². The predicted octanol–water partition coefficient (Wildman–Crippen LogP) is -2.24. The Morgan fingerprint density at radius 3 is 1.62 bits per heavy atom. The molecule has 0 amide bonds. The van der Waals surface area contributed by atoms with Crippen molar-refractivity contribution in [2.75, 3.05) is 21.1 Å². The molecule has 212 valence electrons. The van der Waals surface area contributed by atoms with Gasteiger partial charge in [-0.1, -0.05) is 20.3 Å². The van der Waals surface area contributed by atoms with Gasteiger partial charge in [-0.05, 0) is 47.8 Å². The molecule has 0 saturated heterocycles. The molecule has 0 aromatic rings. The van der Waals surface area contributed by atoms with Crippen molar-refractivity contribution in [3.8, 4) is 0 Å². The molecule has 4 unspecified atom stereocenters. The molecule has 0 aliphatic rings. The molecule has 0 aliphatic carbocycles. The Labute approximate surface area is 216 Å². The Morgan fingerprint density at radius 1 is 0.757 bits per heavy atom. The predicted molar refractivity (Wildman–Crippen MR) is 132 cm³/mol. The number of nitrogens with one attached hydrogen (secondary N) is 3. The van der Waals surface area contributed by atoms with Crippen molar-refractivity contribution in [3.05, 3.63) is 0 Å². The number of hydrogen-bond donors (Lipinski definition) is 7. The van der Waals surface area contributed by atoms with Crippen LogP contribution < -0.4 is 16.0 Å². The van der Waals surface area contributed by atoms with Gasteiger partial charge in [-0.15, -0.1) is 0 Å². The second kappa shape index (κ2) is 13.4. The minimum atomic E-state index is -3.60. The average molecular weight is 532 g/mol. The van der Waals surface area contributed by atoms with E-state index in [-0.39, 0.29) is 0 Å². The summed E-state index contributed by atoms with van der Waals surface area (Å²) >= 11 is 0. The first-order valence-electron chi connectivity index (χ1n) is 11.9. The lowest BCUT2D eigenvalue weighted by Gasteiger charge is -2.36. The van der Waals surface area contributed by atoms with E-state index >= 15 is 0 Å². The summed E-state index contributed by atoms with van der Waals surface area (Å²) in [6, 6.07) is -3.34. The number of carbonyl (C=O) groups is 6. The summed E-state index contributed by atoms with van der Waals surface area (Å²) in [5.74, 6) is -9.60. The van der Waals surface area contributed by atoms with E-state index < -0.39 is 88.6 Å². The molecule has 13 nitrogen and oxygen atoms in total. The summed E-state index contributed by atoms with van der Waals surface area (Å²) in [7, 11) is 4.08. The molecule has 0 aliphatic heterocycles. The summed E-state index contributed by atoms with van der Waals surface area (Å²) in [6.07, 6.45) is -2.50. The maximum absolute atomic E-state index is 13.5. The van der Waals surface area contributed by atoms with Gasteiger partial charge >= 0.3 is 5.97 Å².